The van der Waals surface area contributed by atoms with Crippen molar-refractivity contribution in [1.82, 2.24) is 5.32 Å². The van der Waals surface area contributed by atoms with Crippen molar-refractivity contribution >= 4 is 17.8 Å². The van der Waals surface area contributed by atoms with E-state index in [-0.39, 0.29) is 31.9 Å². The summed E-state index contributed by atoms with van der Waals surface area (Å²) in [7, 11) is 1.28. The Hall–Kier alpha value is -1.85. The second-order valence-electron chi connectivity index (χ2n) is 2.80. The molecule has 0 radical (unpaired) electrons. The molecule has 0 atom stereocenters. The van der Waals surface area contributed by atoms with Crippen LogP contribution in [0, 0.1) is 0 Å². The molecule has 0 bridgehead atoms. The molecule has 1 N–H and O–H groups in total. The van der Waals surface area contributed by atoms with Gasteiger partial charge in [-0.05, 0) is 0 Å². The Kier molecular flexibility index (Phi) is 7.48. The van der Waals surface area contributed by atoms with Gasteiger partial charge < -0.3 is 14.8 Å². The maximum atomic E-state index is 11.1. The largest absolute Gasteiger partial charge is 0.469 e. The van der Waals surface area contributed by atoms with Gasteiger partial charge in [-0.15, -0.1) is 0 Å². The topological polar surface area (TPSA) is 81.7 Å². The Morgan fingerprint density at radius 2 is 2.00 bits per heavy atom. The van der Waals surface area contributed by atoms with E-state index in [1.807, 2.05) is 0 Å². The highest BCUT2D eigenvalue weighted by atomic mass is 16.5. The van der Waals surface area contributed by atoms with Gasteiger partial charge in [0, 0.05) is 12.6 Å². The number of amides is 1. The van der Waals surface area contributed by atoms with Crippen molar-refractivity contribution in [1.29, 1.82) is 0 Å². The molecule has 0 saturated carbocycles. The summed E-state index contributed by atoms with van der Waals surface area (Å²) < 4.78 is 8.99. The van der Waals surface area contributed by atoms with E-state index < -0.39 is 11.9 Å². The Balaban J connectivity index is 3.48. The number of nitrogens with one attached hydrogen (secondary N) is 1. The minimum Gasteiger partial charge on any atom is -0.469 e. The van der Waals surface area contributed by atoms with E-state index in [0.717, 1.165) is 6.08 Å². The van der Waals surface area contributed by atoms with Gasteiger partial charge >= 0.3 is 11.9 Å². The predicted molar refractivity (Wildman–Crippen MR) is 55.4 cm³/mol. The molecular weight excluding hydrogens is 214 g/mol. The third-order valence-electron chi connectivity index (χ3n) is 1.62. The third kappa shape index (κ3) is 7.54. The molecule has 0 aromatic carbocycles. The molecule has 0 saturated heterocycles. The molecule has 0 fully saturated rings. The fourth-order valence-electron chi connectivity index (χ4n) is 0.798. The van der Waals surface area contributed by atoms with Crippen molar-refractivity contribution in [2.75, 3.05) is 20.3 Å². The average Bonchev–Trinajstić information content (AvgIpc) is 2.28. The van der Waals surface area contributed by atoms with Crippen molar-refractivity contribution in [3.8, 4) is 0 Å². The van der Waals surface area contributed by atoms with Crippen LogP contribution in [0.25, 0.3) is 0 Å². The van der Waals surface area contributed by atoms with E-state index in [1.54, 1.807) is 0 Å². The van der Waals surface area contributed by atoms with Gasteiger partial charge in [-0.3, -0.25) is 9.59 Å². The predicted octanol–water partition coefficient (Wildman–Crippen LogP) is -0.215. The number of hydrogen-bond donors (Lipinski definition) is 1. The van der Waals surface area contributed by atoms with Crippen LogP contribution >= 0.6 is 0 Å². The zero-order chi connectivity index (χ0) is 12.4. The van der Waals surface area contributed by atoms with E-state index in [2.05, 4.69) is 21.4 Å². The van der Waals surface area contributed by atoms with Crippen LogP contribution in [0.15, 0.2) is 12.7 Å². The normalized spacial score (nSPS) is 9.06. The number of methoxy groups -OCH3 is 1. The van der Waals surface area contributed by atoms with Crippen molar-refractivity contribution in [3.63, 3.8) is 0 Å². The molecule has 0 unspecified atom stereocenters. The molecular formula is C10H15NO5. The maximum absolute atomic E-state index is 11.1. The molecule has 0 rings (SSSR count). The lowest BCUT2D eigenvalue weighted by molar-refractivity contribution is -0.140. The lowest BCUT2D eigenvalue weighted by Gasteiger charge is -2.04. The van der Waals surface area contributed by atoms with Crippen molar-refractivity contribution < 1.29 is 23.9 Å². The number of carbonyl (C=O) groups is 3. The zero-order valence-electron chi connectivity index (χ0n) is 9.15. The van der Waals surface area contributed by atoms with Gasteiger partial charge in [-0.2, -0.15) is 0 Å². The monoisotopic (exact) mass is 229 g/mol. The van der Waals surface area contributed by atoms with Crippen LogP contribution in [0.2, 0.25) is 0 Å². The van der Waals surface area contributed by atoms with Crippen molar-refractivity contribution in [2.24, 2.45) is 0 Å². The molecule has 0 aromatic heterocycles. The molecule has 0 spiro atoms. The summed E-state index contributed by atoms with van der Waals surface area (Å²) >= 11 is 0. The maximum Gasteiger partial charge on any atom is 0.330 e. The van der Waals surface area contributed by atoms with Gasteiger partial charge in [-0.1, -0.05) is 6.58 Å². The van der Waals surface area contributed by atoms with Crippen LogP contribution in [0.1, 0.15) is 12.8 Å². The lowest BCUT2D eigenvalue weighted by Crippen LogP contribution is -2.27. The van der Waals surface area contributed by atoms with Crippen LogP contribution in [-0.2, 0) is 23.9 Å². The number of rotatable bonds is 7. The highest BCUT2D eigenvalue weighted by Crippen LogP contribution is 1.87. The summed E-state index contributed by atoms with van der Waals surface area (Å²) in [6.45, 7) is 3.41. The first-order valence-electron chi connectivity index (χ1n) is 4.73. The van der Waals surface area contributed by atoms with Crippen LogP contribution in [0.5, 0.6) is 0 Å². The number of hydrogen-bond acceptors (Lipinski definition) is 5. The van der Waals surface area contributed by atoms with E-state index in [4.69, 9.17) is 0 Å². The summed E-state index contributed by atoms with van der Waals surface area (Å²) in [4.78, 5) is 32.4. The standard InChI is InChI=1S/C10H15NO5/c1-3-9(13)16-7-5-8(12)11-6-4-10(14)15-2/h3H,1,4-7H2,2H3,(H,11,12). The quantitative estimate of drug-likeness (QED) is 0.482. The molecule has 16 heavy (non-hydrogen) atoms. The number of ether oxygens (including phenoxy) is 2. The van der Waals surface area contributed by atoms with Crippen molar-refractivity contribution in [2.45, 2.75) is 12.8 Å². The highest BCUT2D eigenvalue weighted by molar-refractivity contribution is 5.82. The second-order valence-corrected chi connectivity index (χ2v) is 2.80. The first kappa shape index (κ1) is 14.2. The fourth-order valence-corrected chi connectivity index (χ4v) is 0.798. The molecule has 0 heterocycles. The molecule has 90 valence electrons. The van der Waals surface area contributed by atoms with E-state index in [1.165, 1.54) is 7.11 Å². The minimum absolute atomic E-state index is 0.00505. The van der Waals surface area contributed by atoms with Gasteiger partial charge in [0.2, 0.25) is 5.91 Å². The van der Waals surface area contributed by atoms with Crippen LogP contribution in [0.4, 0.5) is 0 Å². The molecule has 0 aliphatic heterocycles. The average molecular weight is 229 g/mol. The lowest BCUT2D eigenvalue weighted by atomic mass is 10.4. The fraction of sp³-hybridized carbons (Fsp3) is 0.500. The van der Waals surface area contributed by atoms with E-state index >= 15 is 0 Å². The smallest absolute Gasteiger partial charge is 0.330 e. The summed E-state index contributed by atoms with van der Waals surface area (Å²) in [5, 5.41) is 2.48. The molecule has 6 nitrogen and oxygen atoms in total. The minimum atomic E-state index is -0.567. The van der Waals surface area contributed by atoms with Gasteiger partial charge in [0.1, 0.15) is 6.61 Å². The summed E-state index contributed by atoms with van der Waals surface area (Å²) in [5.74, 6) is -1.25. The first-order chi connectivity index (χ1) is 7.60. The van der Waals surface area contributed by atoms with Crippen LogP contribution in [-0.4, -0.2) is 38.1 Å². The second kappa shape index (κ2) is 8.46. The molecule has 1 amide bonds. The van der Waals surface area contributed by atoms with Gasteiger partial charge in [0.05, 0.1) is 20.0 Å². The summed E-state index contributed by atoms with van der Waals surface area (Å²) in [5.41, 5.74) is 0. The summed E-state index contributed by atoms with van der Waals surface area (Å²) in [6.07, 6.45) is 1.20. The highest BCUT2D eigenvalue weighted by Gasteiger charge is 2.04. The number of esters is 2. The van der Waals surface area contributed by atoms with Gasteiger partial charge in [0.25, 0.3) is 0 Å². The van der Waals surface area contributed by atoms with Crippen molar-refractivity contribution in [3.05, 3.63) is 12.7 Å². The SMILES string of the molecule is C=CC(=O)OCCC(=O)NCCC(=O)OC. The first-order valence-corrected chi connectivity index (χ1v) is 4.73. The molecule has 0 aliphatic carbocycles. The zero-order valence-corrected chi connectivity index (χ0v) is 9.15. The van der Waals surface area contributed by atoms with Gasteiger partial charge in [-0.25, -0.2) is 4.79 Å². The number of carbonyl (C=O) groups excluding carboxylic acids is 3. The molecule has 0 aromatic rings. The third-order valence-corrected chi connectivity index (χ3v) is 1.62. The van der Waals surface area contributed by atoms with Crippen LogP contribution in [0.3, 0.4) is 0 Å². The van der Waals surface area contributed by atoms with E-state index in [9.17, 15) is 14.4 Å². The Morgan fingerprint density at radius 1 is 1.31 bits per heavy atom. The Bertz CT molecular complexity index is 274. The van der Waals surface area contributed by atoms with E-state index in [0.29, 0.717) is 0 Å². The van der Waals surface area contributed by atoms with Gasteiger partial charge in [0.15, 0.2) is 0 Å². The Morgan fingerprint density at radius 3 is 2.56 bits per heavy atom. The summed E-state index contributed by atoms with van der Waals surface area (Å²) in [6, 6.07) is 0. The molecule has 0 aliphatic rings. The molecule has 6 heteroatoms. The Labute approximate surface area is 93.6 Å². The van der Waals surface area contributed by atoms with Crippen LogP contribution < -0.4 is 5.32 Å².